The third-order valence-electron chi connectivity index (χ3n) is 3.53. The van der Waals surface area contributed by atoms with Gasteiger partial charge in [0.2, 0.25) is 0 Å². The van der Waals surface area contributed by atoms with E-state index in [4.69, 9.17) is 9.47 Å². The first-order chi connectivity index (χ1) is 9.69. The molecule has 1 heterocycles. The summed E-state index contributed by atoms with van der Waals surface area (Å²) < 4.78 is 23.1. The van der Waals surface area contributed by atoms with E-state index >= 15 is 0 Å². The minimum absolute atomic E-state index is 0.0282. The Hall–Kier alpha value is -1.62. The van der Waals surface area contributed by atoms with Gasteiger partial charge in [-0.1, -0.05) is 0 Å². The monoisotopic (exact) mass is 281 g/mol. The Morgan fingerprint density at radius 2 is 2.15 bits per heavy atom. The molecule has 1 aromatic carbocycles. The van der Waals surface area contributed by atoms with Gasteiger partial charge >= 0.3 is 5.97 Å². The van der Waals surface area contributed by atoms with Crippen molar-refractivity contribution in [2.75, 3.05) is 33.4 Å². The molecule has 5 heteroatoms. The predicted octanol–water partition coefficient (Wildman–Crippen LogP) is 2.09. The number of esters is 1. The van der Waals surface area contributed by atoms with Gasteiger partial charge in [-0.15, -0.1) is 0 Å². The molecule has 20 heavy (non-hydrogen) atoms. The topological polar surface area (TPSA) is 38.8 Å². The van der Waals surface area contributed by atoms with Crippen molar-refractivity contribution in [1.29, 1.82) is 0 Å². The van der Waals surface area contributed by atoms with Crippen molar-refractivity contribution >= 4 is 5.97 Å². The molecule has 1 aliphatic rings. The minimum atomic E-state index is -0.269. The number of rotatable bonds is 5. The van der Waals surface area contributed by atoms with Crippen LogP contribution >= 0.6 is 0 Å². The third-order valence-corrected chi connectivity index (χ3v) is 3.53. The summed E-state index contributed by atoms with van der Waals surface area (Å²) in [6, 6.07) is 5.98. The van der Waals surface area contributed by atoms with Gasteiger partial charge in [0, 0.05) is 13.1 Å². The number of likely N-dealkylation sites (tertiary alicyclic amines) is 1. The number of nitrogens with zero attached hydrogens (tertiary/aromatic N) is 1. The van der Waals surface area contributed by atoms with Crippen LogP contribution in [0.15, 0.2) is 24.3 Å². The number of carbonyl (C=O) groups excluding carboxylic acids is 1. The molecule has 0 radical (unpaired) electrons. The quantitative estimate of drug-likeness (QED) is 0.775. The summed E-state index contributed by atoms with van der Waals surface area (Å²) in [5, 5.41) is 0. The average molecular weight is 281 g/mol. The lowest BCUT2D eigenvalue weighted by molar-refractivity contribution is -0.147. The molecule has 110 valence electrons. The Kier molecular flexibility index (Phi) is 5.35. The van der Waals surface area contributed by atoms with Crippen LogP contribution in [0.4, 0.5) is 4.39 Å². The number of benzene rings is 1. The van der Waals surface area contributed by atoms with E-state index in [0.29, 0.717) is 12.4 Å². The fraction of sp³-hybridized carbons (Fsp3) is 0.533. The summed E-state index contributed by atoms with van der Waals surface area (Å²) in [5.74, 6) is 0.232. The molecule has 0 amide bonds. The first kappa shape index (κ1) is 14.8. The summed E-state index contributed by atoms with van der Waals surface area (Å²) in [5.41, 5.74) is 0. The lowest BCUT2D eigenvalue weighted by Crippen LogP contribution is -2.41. The SMILES string of the molecule is COC(=O)[C@H]1CCCN(CCOc2ccc(F)cc2)C1. The Bertz CT molecular complexity index is 435. The maximum absolute atomic E-state index is 12.7. The molecule has 0 spiro atoms. The summed E-state index contributed by atoms with van der Waals surface area (Å²) >= 11 is 0. The zero-order chi connectivity index (χ0) is 14.4. The van der Waals surface area contributed by atoms with Gasteiger partial charge in [0.15, 0.2) is 0 Å². The molecule has 1 aliphatic heterocycles. The van der Waals surface area contributed by atoms with Gasteiger partial charge in [-0.3, -0.25) is 9.69 Å². The number of hydrogen-bond donors (Lipinski definition) is 0. The van der Waals surface area contributed by atoms with Crippen molar-refractivity contribution in [2.24, 2.45) is 5.92 Å². The molecule has 1 saturated heterocycles. The second kappa shape index (κ2) is 7.24. The lowest BCUT2D eigenvalue weighted by Gasteiger charge is -2.31. The van der Waals surface area contributed by atoms with E-state index in [2.05, 4.69) is 4.90 Å². The molecule has 1 fully saturated rings. The highest BCUT2D eigenvalue weighted by molar-refractivity contribution is 5.72. The molecule has 0 saturated carbocycles. The van der Waals surface area contributed by atoms with Crippen molar-refractivity contribution in [3.05, 3.63) is 30.1 Å². The molecule has 0 N–H and O–H groups in total. The van der Waals surface area contributed by atoms with Gasteiger partial charge in [0.25, 0.3) is 0 Å². The maximum Gasteiger partial charge on any atom is 0.309 e. The number of hydrogen-bond acceptors (Lipinski definition) is 4. The van der Waals surface area contributed by atoms with Crippen LogP contribution in [0, 0.1) is 11.7 Å². The van der Waals surface area contributed by atoms with E-state index < -0.39 is 0 Å². The number of halogens is 1. The van der Waals surface area contributed by atoms with Crippen LogP contribution in [-0.4, -0.2) is 44.2 Å². The summed E-state index contributed by atoms with van der Waals surface area (Å²) in [7, 11) is 1.43. The molecular weight excluding hydrogens is 261 g/mol. The Balaban J connectivity index is 1.73. The zero-order valence-electron chi connectivity index (χ0n) is 11.7. The van der Waals surface area contributed by atoms with Crippen molar-refractivity contribution < 1.29 is 18.7 Å². The van der Waals surface area contributed by atoms with Crippen LogP contribution < -0.4 is 4.74 Å². The van der Waals surface area contributed by atoms with Gasteiger partial charge in [0.05, 0.1) is 13.0 Å². The molecule has 1 aromatic rings. The van der Waals surface area contributed by atoms with Crippen LogP contribution in [0.5, 0.6) is 5.75 Å². The summed E-state index contributed by atoms with van der Waals surface area (Å²) in [6.07, 6.45) is 1.89. The fourth-order valence-electron chi connectivity index (χ4n) is 2.44. The van der Waals surface area contributed by atoms with Crippen molar-refractivity contribution in [3.8, 4) is 5.75 Å². The lowest BCUT2D eigenvalue weighted by atomic mass is 9.98. The molecule has 0 bridgehead atoms. The highest BCUT2D eigenvalue weighted by Gasteiger charge is 2.26. The predicted molar refractivity (Wildman–Crippen MR) is 73.1 cm³/mol. The van der Waals surface area contributed by atoms with E-state index in [9.17, 15) is 9.18 Å². The van der Waals surface area contributed by atoms with Gasteiger partial charge in [-0.25, -0.2) is 4.39 Å². The fourth-order valence-corrected chi connectivity index (χ4v) is 2.44. The Labute approximate surface area is 118 Å². The van der Waals surface area contributed by atoms with E-state index in [1.807, 2.05) is 0 Å². The zero-order valence-corrected chi connectivity index (χ0v) is 11.7. The largest absolute Gasteiger partial charge is 0.492 e. The maximum atomic E-state index is 12.7. The van der Waals surface area contributed by atoms with E-state index in [1.165, 1.54) is 19.2 Å². The standard InChI is InChI=1S/C15H20FNO3/c1-19-15(18)12-3-2-8-17(11-12)9-10-20-14-6-4-13(16)5-7-14/h4-7,12H,2-3,8-11H2,1H3/t12-/m0/s1. The van der Waals surface area contributed by atoms with Crippen LogP contribution in [-0.2, 0) is 9.53 Å². The normalized spacial score (nSPS) is 19.6. The molecule has 0 aliphatic carbocycles. The van der Waals surface area contributed by atoms with Crippen molar-refractivity contribution in [1.82, 2.24) is 4.90 Å². The Morgan fingerprint density at radius 3 is 2.85 bits per heavy atom. The third kappa shape index (κ3) is 4.20. The average Bonchev–Trinajstić information content (AvgIpc) is 2.49. The number of methoxy groups -OCH3 is 1. The van der Waals surface area contributed by atoms with Crippen LogP contribution in [0.3, 0.4) is 0 Å². The highest BCUT2D eigenvalue weighted by Crippen LogP contribution is 2.17. The first-order valence-electron chi connectivity index (χ1n) is 6.87. The number of piperidine rings is 1. The van der Waals surface area contributed by atoms with Gasteiger partial charge < -0.3 is 9.47 Å². The molecule has 1 atom stereocenters. The van der Waals surface area contributed by atoms with E-state index in [0.717, 1.165) is 32.5 Å². The second-order valence-electron chi connectivity index (χ2n) is 4.97. The first-order valence-corrected chi connectivity index (χ1v) is 6.87. The molecule has 0 unspecified atom stereocenters. The summed E-state index contributed by atoms with van der Waals surface area (Å²) in [4.78, 5) is 13.7. The van der Waals surface area contributed by atoms with Crippen molar-refractivity contribution in [3.63, 3.8) is 0 Å². The minimum Gasteiger partial charge on any atom is -0.492 e. The van der Waals surface area contributed by atoms with Crippen LogP contribution in [0.25, 0.3) is 0 Å². The van der Waals surface area contributed by atoms with Crippen LogP contribution in [0.2, 0.25) is 0 Å². The summed E-state index contributed by atoms with van der Waals surface area (Å²) in [6.45, 7) is 2.98. The Morgan fingerprint density at radius 1 is 1.40 bits per heavy atom. The van der Waals surface area contributed by atoms with Gasteiger partial charge in [-0.05, 0) is 43.7 Å². The van der Waals surface area contributed by atoms with E-state index in [-0.39, 0.29) is 17.7 Å². The molecule has 0 aromatic heterocycles. The van der Waals surface area contributed by atoms with Crippen molar-refractivity contribution in [2.45, 2.75) is 12.8 Å². The van der Waals surface area contributed by atoms with E-state index in [1.54, 1.807) is 12.1 Å². The highest BCUT2D eigenvalue weighted by atomic mass is 19.1. The number of carbonyl (C=O) groups is 1. The van der Waals surface area contributed by atoms with Gasteiger partial charge in [0.1, 0.15) is 18.2 Å². The molecular formula is C15H20FNO3. The molecule has 2 rings (SSSR count). The van der Waals surface area contributed by atoms with Gasteiger partial charge in [-0.2, -0.15) is 0 Å². The number of ether oxygens (including phenoxy) is 2. The van der Waals surface area contributed by atoms with Crippen LogP contribution in [0.1, 0.15) is 12.8 Å². The smallest absolute Gasteiger partial charge is 0.309 e. The second-order valence-corrected chi connectivity index (χ2v) is 4.97. The molecule has 4 nitrogen and oxygen atoms in total.